The first kappa shape index (κ1) is 13.4. The van der Waals surface area contributed by atoms with Gasteiger partial charge in [0, 0.05) is 23.5 Å². The van der Waals surface area contributed by atoms with Crippen molar-refractivity contribution < 1.29 is 9.21 Å². The maximum atomic E-state index is 12.0. The van der Waals surface area contributed by atoms with Crippen molar-refractivity contribution in [3.05, 3.63) is 53.9 Å². The standard InChI is InChI=1S/C16H17N3O2/c1-2-12-9-19-16(21-12)10-18-15(20)7-11-8-17-14-6-4-3-5-13(11)14/h3-6,8-9,17H,2,7,10H2,1H3,(H,18,20). The molecule has 3 aromatic rings. The second-order valence-electron chi connectivity index (χ2n) is 4.89. The highest BCUT2D eigenvalue weighted by Gasteiger charge is 2.09. The van der Waals surface area contributed by atoms with Gasteiger partial charge >= 0.3 is 0 Å². The molecule has 0 atom stereocenters. The number of aromatic nitrogens is 2. The third kappa shape index (κ3) is 2.97. The summed E-state index contributed by atoms with van der Waals surface area (Å²) in [5, 5.41) is 3.91. The molecule has 2 N–H and O–H groups in total. The quantitative estimate of drug-likeness (QED) is 0.756. The van der Waals surface area contributed by atoms with Gasteiger partial charge in [-0.25, -0.2) is 4.98 Å². The lowest BCUT2D eigenvalue weighted by Gasteiger charge is -2.02. The fourth-order valence-electron chi connectivity index (χ4n) is 2.28. The van der Waals surface area contributed by atoms with Gasteiger partial charge < -0.3 is 14.7 Å². The van der Waals surface area contributed by atoms with Crippen LogP contribution in [-0.2, 0) is 24.2 Å². The molecule has 3 rings (SSSR count). The molecule has 0 unspecified atom stereocenters. The summed E-state index contributed by atoms with van der Waals surface area (Å²) < 4.78 is 5.46. The Bertz CT molecular complexity index is 758. The van der Waals surface area contributed by atoms with E-state index in [1.807, 2.05) is 37.4 Å². The lowest BCUT2D eigenvalue weighted by atomic mass is 10.1. The summed E-state index contributed by atoms with van der Waals surface area (Å²) >= 11 is 0. The molecule has 21 heavy (non-hydrogen) atoms. The zero-order valence-electron chi connectivity index (χ0n) is 11.8. The number of rotatable bonds is 5. The van der Waals surface area contributed by atoms with E-state index in [4.69, 9.17) is 4.42 Å². The second-order valence-corrected chi connectivity index (χ2v) is 4.89. The van der Waals surface area contributed by atoms with Crippen molar-refractivity contribution in [1.29, 1.82) is 0 Å². The molecule has 0 saturated heterocycles. The fraction of sp³-hybridized carbons (Fsp3) is 0.250. The molecular weight excluding hydrogens is 266 g/mol. The van der Waals surface area contributed by atoms with Crippen LogP contribution in [0.4, 0.5) is 0 Å². The number of carbonyl (C=O) groups is 1. The first-order valence-electron chi connectivity index (χ1n) is 7.01. The molecule has 1 amide bonds. The van der Waals surface area contributed by atoms with Gasteiger partial charge in [-0.05, 0) is 11.6 Å². The first-order valence-corrected chi connectivity index (χ1v) is 7.01. The molecule has 1 aromatic carbocycles. The number of amides is 1. The van der Waals surface area contributed by atoms with E-state index in [1.54, 1.807) is 6.20 Å². The van der Waals surface area contributed by atoms with Crippen LogP contribution in [0.3, 0.4) is 0 Å². The van der Waals surface area contributed by atoms with Crippen LogP contribution in [0.1, 0.15) is 24.1 Å². The number of benzene rings is 1. The van der Waals surface area contributed by atoms with E-state index in [9.17, 15) is 4.79 Å². The zero-order valence-corrected chi connectivity index (χ0v) is 11.8. The number of hydrogen-bond acceptors (Lipinski definition) is 3. The summed E-state index contributed by atoms with van der Waals surface area (Å²) in [7, 11) is 0. The molecule has 5 heteroatoms. The van der Waals surface area contributed by atoms with Gasteiger partial charge in [0.2, 0.25) is 11.8 Å². The van der Waals surface area contributed by atoms with Crippen molar-refractivity contribution in [2.45, 2.75) is 26.3 Å². The van der Waals surface area contributed by atoms with Crippen LogP contribution < -0.4 is 5.32 Å². The summed E-state index contributed by atoms with van der Waals surface area (Å²) in [5.74, 6) is 1.33. The maximum absolute atomic E-state index is 12.0. The Kier molecular flexibility index (Phi) is 3.73. The fourth-order valence-corrected chi connectivity index (χ4v) is 2.28. The van der Waals surface area contributed by atoms with Gasteiger partial charge in [0.25, 0.3) is 0 Å². The summed E-state index contributed by atoms with van der Waals surface area (Å²) in [4.78, 5) is 19.3. The number of hydrogen-bond donors (Lipinski definition) is 2. The number of aryl methyl sites for hydroxylation is 1. The van der Waals surface area contributed by atoms with E-state index >= 15 is 0 Å². The number of H-pyrrole nitrogens is 1. The number of carbonyl (C=O) groups excluding carboxylic acids is 1. The number of para-hydroxylation sites is 1. The highest BCUT2D eigenvalue weighted by molar-refractivity contribution is 5.88. The van der Waals surface area contributed by atoms with Crippen LogP contribution in [0, 0.1) is 0 Å². The Morgan fingerprint density at radius 3 is 3.05 bits per heavy atom. The molecule has 0 aliphatic carbocycles. The molecular formula is C16H17N3O2. The molecule has 5 nitrogen and oxygen atoms in total. The van der Waals surface area contributed by atoms with Gasteiger partial charge in [-0.1, -0.05) is 25.1 Å². The minimum Gasteiger partial charge on any atom is -0.444 e. The molecule has 108 valence electrons. The van der Waals surface area contributed by atoms with Crippen LogP contribution in [-0.4, -0.2) is 15.9 Å². The Hall–Kier alpha value is -2.56. The summed E-state index contributed by atoms with van der Waals surface area (Å²) in [6.45, 7) is 2.32. The number of oxazole rings is 1. The van der Waals surface area contributed by atoms with E-state index in [0.29, 0.717) is 18.9 Å². The minimum atomic E-state index is -0.0454. The Morgan fingerprint density at radius 1 is 1.38 bits per heavy atom. The Balaban J connectivity index is 1.61. The van der Waals surface area contributed by atoms with E-state index in [2.05, 4.69) is 15.3 Å². The Morgan fingerprint density at radius 2 is 2.24 bits per heavy atom. The number of fused-ring (bicyclic) bond motifs is 1. The normalized spacial score (nSPS) is 10.9. The van der Waals surface area contributed by atoms with Gasteiger partial charge in [0.1, 0.15) is 5.76 Å². The van der Waals surface area contributed by atoms with Gasteiger partial charge in [-0.15, -0.1) is 0 Å². The van der Waals surface area contributed by atoms with E-state index in [1.165, 1.54) is 0 Å². The van der Waals surface area contributed by atoms with Gasteiger partial charge in [-0.2, -0.15) is 0 Å². The number of nitrogens with zero attached hydrogens (tertiary/aromatic N) is 1. The molecule has 0 aliphatic rings. The molecule has 0 aliphatic heterocycles. The third-order valence-electron chi connectivity index (χ3n) is 3.41. The molecule has 2 aromatic heterocycles. The minimum absolute atomic E-state index is 0.0454. The van der Waals surface area contributed by atoms with Gasteiger partial charge in [0.05, 0.1) is 19.2 Å². The zero-order chi connectivity index (χ0) is 14.7. The second kappa shape index (κ2) is 5.83. The first-order chi connectivity index (χ1) is 10.3. The van der Waals surface area contributed by atoms with Crippen LogP contribution >= 0.6 is 0 Å². The van der Waals surface area contributed by atoms with E-state index in [-0.39, 0.29) is 5.91 Å². The topological polar surface area (TPSA) is 70.9 Å². The largest absolute Gasteiger partial charge is 0.444 e. The summed E-state index contributed by atoms with van der Waals surface area (Å²) in [5.41, 5.74) is 2.03. The van der Waals surface area contributed by atoms with Crippen LogP contribution in [0.15, 0.2) is 41.1 Å². The third-order valence-corrected chi connectivity index (χ3v) is 3.41. The van der Waals surface area contributed by atoms with E-state index < -0.39 is 0 Å². The average Bonchev–Trinajstić information content (AvgIpc) is 3.12. The predicted octanol–water partition coefficient (Wildman–Crippen LogP) is 2.58. The average molecular weight is 283 g/mol. The molecule has 0 radical (unpaired) electrons. The predicted molar refractivity (Wildman–Crippen MR) is 79.7 cm³/mol. The monoisotopic (exact) mass is 283 g/mol. The van der Waals surface area contributed by atoms with Gasteiger partial charge in [-0.3, -0.25) is 4.79 Å². The Labute approximate surface area is 122 Å². The van der Waals surface area contributed by atoms with Crippen molar-refractivity contribution in [1.82, 2.24) is 15.3 Å². The van der Waals surface area contributed by atoms with Crippen LogP contribution in [0.5, 0.6) is 0 Å². The smallest absolute Gasteiger partial charge is 0.224 e. The molecule has 2 heterocycles. The van der Waals surface area contributed by atoms with Crippen LogP contribution in [0.25, 0.3) is 10.9 Å². The maximum Gasteiger partial charge on any atom is 0.224 e. The van der Waals surface area contributed by atoms with Crippen molar-refractivity contribution in [3.63, 3.8) is 0 Å². The molecule has 0 saturated carbocycles. The number of aromatic amines is 1. The van der Waals surface area contributed by atoms with Crippen LogP contribution in [0.2, 0.25) is 0 Å². The molecule has 0 spiro atoms. The van der Waals surface area contributed by atoms with Crippen molar-refractivity contribution in [2.75, 3.05) is 0 Å². The van der Waals surface area contributed by atoms with E-state index in [0.717, 1.165) is 28.6 Å². The van der Waals surface area contributed by atoms with Gasteiger partial charge in [0.15, 0.2) is 0 Å². The van der Waals surface area contributed by atoms with Crippen molar-refractivity contribution >= 4 is 16.8 Å². The lowest BCUT2D eigenvalue weighted by Crippen LogP contribution is -2.24. The highest BCUT2D eigenvalue weighted by atomic mass is 16.4. The SMILES string of the molecule is CCc1cnc(CNC(=O)Cc2c[nH]c3ccccc23)o1. The summed E-state index contributed by atoms with van der Waals surface area (Å²) in [6.07, 6.45) is 4.72. The molecule has 0 bridgehead atoms. The highest BCUT2D eigenvalue weighted by Crippen LogP contribution is 2.18. The summed E-state index contributed by atoms with van der Waals surface area (Å²) in [6, 6.07) is 7.94. The number of nitrogens with one attached hydrogen (secondary N) is 2. The lowest BCUT2D eigenvalue weighted by molar-refractivity contribution is -0.120. The van der Waals surface area contributed by atoms with Crippen molar-refractivity contribution in [3.8, 4) is 0 Å². The molecule has 0 fully saturated rings. The van der Waals surface area contributed by atoms with Crippen molar-refractivity contribution in [2.24, 2.45) is 0 Å².